The minimum atomic E-state index is -0.671. The summed E-state index contributed by atoms with van der Waals surface area (Å²) in [6, 6.07) is 7.72. The van der Waals surface area contributed by atoms with Crippen molar-refractivity contribution < 1.29 is 28.6 Å². The van der Waals surface area contributed by atoms with E-state index >= 15 is 0 Å². The first kappa shape index (κ1) is 24.3. The molecule has 2 fully saturated rings. The van der Waals surface area contributed by atoms with Gasteiger partial charge in [-0.2, -0.15) is 5.10 Å². The molecule has 1 aromatic heterocycles. The van der Waals surface area contributed by atoms with Crippen LogP contribution in [0.4, 0.5) is 0 Å². The highest BCUT2D eigenvalue weighted by Crippen LogP contribution is 2.45. The molecule has 36 heavy (non-hydrogen) atoms. The van der Waals surface area contributed by atoms with E-state index < -0.39 is 17.5 Å². The molecule has 0 N–H and O–H groups in total. The van der Waals surface area contributed by atoms with Gasteiger partial charge in [-0.1, -0.05) is 18.6 Å². The average Bonchev–Trinajstić information content (AvgIpc) is 3.41. The van der Waals surface area contributed by atoms with Gasteiger partial charge in [-0.25, -0.2) is 4.79 Å². The highest BCUT2D eigenvalue weighted by molar-refractivity contribution is 5.91. The van der Waals surface area contributed by atoms with E-state index in [0.717, 1.165) is 54.7 Å². The number of esters is 2. The van der Waals surface area contributed by atoms with Crippen LogP contribution in [0.15, 0.2) is 24.3 Å². The van der Waals surface area contributed by atoms with Crippen LogP contribution in [-0.2, 0) is 38.6 Å². The summed E-state index contributed by atoms with van der Waals surface area (Å²) in [5, 5.41) is 4.63. The molecule has 1 saturated carbocycles. The van der Waals surface area contributed by atoms with Crippen LogP contribution in [0.3, 0.4) is 0 Å². The van der Waals surface area contributed by atoms with Gasteiger partial charge in [0.1, 0.15) is 11.4 Å². The molecule has 3 heterocycles. The van der Waals surface area contributed by atoms with Crippen LogP contribution in [-0.4, -0.2) is 58.4 Å². The molecule has 0 radical (unpaired) electrons. The van der Waals surface area contributed by atoms with Crippen LogP contribution >= 0.6 is 0 Å². The fourth-order valence-corrected chi connectivity index (χ4v) is 5.90. The molecule has 1 atom stereocenters. The molecule has 9 nitrogen and oxygen atoms in total. The molecule has 1 aromatic carbocycles. The SMILES string of the molecule is CCOC(=O)c1nn(Cc2ccc(OC)cc2)c2c1CN(C(=O)[C@@H]1CC(=O)OC13CCCCC3)CC2. The summed E-state index contributed by atoms with van der Waals surface area (Å²) in [7, 11) is 1.63. The van der Waals surface area contributed by atoms with Crippen molar-refractivity contribution in [1.29, 1.82) is 0 Å². The van der Waals surface area contributed by atoms with E-state index in [0.29, 0.717) is 19.5 Å². The largest absolute Gasteiger partial charge is 0.497 e. The molecule has 0 bridgehead atoms. The van der Waals surface area contributed by atoms with Crippen molar-refractivity contribution in [2.45, 2.75) is 70.6 Å². The molecular weight excluding hydrogens is 462 g/mol. The van der Waals surface area contributed by atoms with Gasteiger partial charge in [0.05, 0.1) is 32.6 Å². The lowest BCUT2D eigenvalue weighted by atomic mass is 9.75. The van der Waals surface area contributed by atoms with E-state index in [4.69, 9.17) is 14.2 Å². The summed E-state index contributed by atoms with van der Waals surface area (Å²) in [5.41, 5.74) is 2.27. The molecule has 3 aliphatic rings. The van der Waals surface area contributed by atoms with Crippen molar-refractivity contribution in [3.63, 3.8) is 0 Å². The van der Waals surface area contributed by atoms with Crippen molar-refractivity contribution in [1.82, 2.24) is 14.7 Å². The Bertz CT molecular complexity index is 1150. The van der Waals surface area contributed by atoms with Gasteiger partial charge in [-0.3, -0.25) is 14.3 Å². The minimum Gasteiger partial charge on any atom is -0.497 e. The maximum Gasteiger partial charge on any atom is 0.359 e. The number of ether oxygens (including phenoxy) is 3. The van der Waals surface area contributed by atoms with Gasteiger partial charge in [0.2, 0.25) is 5.91 Å². The van der Waals surface area contributed by atoms with Crippen molar-refractivity contribution in [3.05, 3.63) is 46.8 Å². The number of nitrogens with zero attached hydrogens (tertiary/aromatic N) is 3. The Morgan fingerprint density at radius 2 is 1.92 bits per heavy atom. The Morgan fingerprint density at radius 3 is 2.61 bits per heavy atom. The minimum absolute atomic E-state index is 0.0638. The number of hydrogen-bond acceptors (Lipinski definition) is 7. The van der Waals surface area contributed by atoms with E-state index in [1.165, 1.54) is 0 Å². The smallest absolute Gasteiger partial charge is 0.359 e. The van der Waals surface area contributed by atoms with Gasteiger partial charge < -0.3 is 19.1 Å². The second-order valence-corrected chi connectivity index (χ2v) is 9.87. The number of benzene rings is 1. The zero-order valence-corrected chi connectivity index (χ0v) is 21.0. The molecule has 0 unspecified atom stereocenters. The van der Waals surface area contributed by atoms with Crippen LogP contribution in [0.2, 0.25) is 0 Å². The fraction of sp³-hybridized carbons (Fsp3) is 0.556. The maximum atomic E-state index is 13.7. The van der Waals surface area contributed by atoms with Crippen molar-refractivity contribution >= 4 is 17.8 Å². The topological polar surface area (TPSA) is 100.0 Å². The van der Waals surface area contributed by atoms with Crippen molar-refractivity contribution in [2.75, 3.05) is 20.3 Å². The third-order valence-electron chi connectivity index (χ3n) is 7.73. The summed E-state index contributed by atoms with van der Waals surface area (Å²) in [6.45, 7) is 3.27. The summed E-state index contributed by atoms with van der Waals surface area (Å²) in [6.07, 6.45) is 5.20. The van der Waals surface area contributed by atoms with Crippen LogP contribution in [0.5, 0.6) is 5.75 Å². The van der Waals surface area contributed by atoms with Crippen molar-refractivity contribution in [3.8, 4) is 5.75 Å². The molecular formula is C27H33N3O6. The van der Waals surface area contributed by atoms with Crippen LogP contribution < -0.4 is 4.74 Å². The standard InChI is InChI=1S/C27H33N3O6/c1-3-35-26(33)24-20-17-29(25(32)21-15-23(31)36-27(21)12-5-4-6-13-27)14-11-22(20)30(28-24)16-18-7-9-19(34-2)10-8-18/h7-10,21H,3-6,11-17H2,1-2H3/t21-/m0/s1. The molecule has 2 aromatic rings. The average molecular weight is 496 g/mol. The summed E-state index contributed by atoms with van der Waals surface area (Å²) in [4.78, 5) is 40.6. The first-order chi connectivity index (χ1) is 17.4. The van der Waals surface area contributed by atoms with Gasteiger partial charge in [0, 0.05) is 30.8 Å². The first-order valence-corrected chi connectivity index (χ1v) is 12.8. The highest BCUT2D eigenvalue weighted by atomic mass is 16.6. The molecule has 1 amide bonds. The van der Waals surface area contributed by atoms with Gasteiger partial charge >= 0.3 is 11.9 Å². The van der Waals surface area contributed by atoms with Gasteiger partial charge in [0.15, 0.2) is 5.69 Å². The highest BCUT2D eigenvalue weighted by Gasteiger charge is 2.54. The second kappa shape index (κ2) is 9.95. The summed E-state index contributed by atoms with van der Waals surface area (Å²) in [5.74, 6) is -0.529. The predicted octanol–water partition coefficient (Wildman–Crippen LogP) is 3.27. The van der Waals surface area contributed by atoms with E-state index in [-0.39, 0.29) is 37.1 Å². The Balaban J connectivity index is 1.41. The van der Waals surface area contributed by atoms with E-state index in [1.54, 1.807) is 18.9 Å². The number of carbonyl (C=O) groups excluding carboxylic acids is 3. The Morgan fingerprint density at radius 1 is 1.17 bits per heavy atom. The molecule has 5 rings (SSSR count). The third kappa shape index (κ3) is 4.47. The lowest BCUT2D eigenvalue weighted by Crippen LogP contribution is -2.48. The van der Waals surface area contributed by atoms with E-state index in [2.05, 4.69) is 5.10 Å². The maximum absolute atomic E-state index is 13.7. The quantitative estimate of drug-likeness (QED) is 0.567. The lowest BCUT2D eigenvalue weighted by Gasteiger charge is -2.39. The summed E-state index contributed by atoms with van der Waals surface area (Å²) < 4.78 is 18.2. The van der Waals surface area contributed by atoms with Crippen LogP contribution in [0.25, 0.3) is 0 Å². The Labute approximate surface area is 210 Å². The van der Waals surface area contributed by atoms with Crippen LogP contribution in [0.1, 0.15) is 72.8 Å². The zero-order valence-electron chi connectivity index (χ0n) is 21.0. The number of hydrogen-bond donors (Lipinski definition) is 0. The normalized spacial score (nSPS) is 20.7. The molecule has 9 heteroatoms. The van der Waals surface area contributed by atoms with E-state index in [1.807, 2.05) is 28.9 Å². The molecule has 1 spiro atoms. The Kier molecular flexibility index (Phi) is 6.73. The number of aromatic nitrogens is 2. The number of amides is 1. The van der Waals surface area contributed by atoms with Crippen LogP contribution in [0, 0.1) is 5.92 Å². The van der Waals surface area contributed by atoms with Gasteiger partial charge in [-0.05, 0) is 50.3 Å². The number of carbonyl (C=O) groups is 3. The zero-order chi connectivity index (χ0) is 25.3. The van der Waals surface area contributed by atoms with Gasteiger partial charge in [-0.15, -0.1) is 0 Å². The predicted molar refractivity (Wildman–Crippen MR) is 129 cm³/mol. The molecule has 1 aliphatic carbocycles. The number of rotatable bonds is 6. The molecule has 1 saturated heterocycles. The van der Waals surface area contributed by atoms with Crippen molar-refractivity contribution in [2.24, 2.45) is 5.92 Å². The fourth-order valence-electron chi connectivity index (χ4n) is 5.90. The van der Waals surface area contributed by atoms with Gasteiger partial charge in [0.25, 0.3) is 0 Å². The summed E-state index contributed by atoms with van der Waals surface area (Å²) >= 11 is 0. The monoisotopic (exact) mass is 495 g/mol. The second-order valence-electron chi connectivity index (χ2n) is 9.87. The number of methoxy groups -OCH3 is 1. The lowest BCUT2D eigenvalue weighted by molar-refractivity contribution is -0.156. The third-order valence-corrected chi connectivity index (χ3v) is 7.73. The number of fused-ring (bicyclic) bond motifs is 1. The molecule has 192 valence electrons. The van der Waals surface area contributed by atoms with E-state index in [9.17, 15) is 14.4 Å². The first-order valence-electron chi connectivity index (χ1n) is 12.8. The Hall–Kier alpha value is -3.36. The molecule has 2 aliphatic heterocycles.